The summed E-state index contributed by atoms with van der Waals surface area (Å²) in [5, 5.41) is 23.4. The van der Waals surface area contributed by atoms with Gasteiger partial charge in [0.1, 0.15) is 11.5 Å². The van der Waals surface area contributed by atoms with E-state index in [-0.39, 0.29) is 47.5 Å². The lowest BCUT2D eigenvalue weighted by Crippen LogP contribution is -2.58. The van der Waals surface area contributed by atoms with Crippen molar-refractivity contribution in [2.75, 3.05) is 0 Å². The summed E-state index contributed by atoms with van der Waals surface area (Å²) < 4.78 is 6.07. The number of nitro groups is 1. The normalized spacial score (nSPS) is 32.2. The largest absolute Gasteiger partial charge is 0.466 e. The maximum atomic E-state index is 13.3. The second-order valence-electron chi connectivity index (χ2n) is 10.5. The van der Waals surface area contributed by atoms with Crippen LogP contribution in [0.5, 0.6) is 0 Å². The molecule has 4 rings (SSSR count). The molecule has 7 heteroatoms. The van der Waals surface area contributed by atoms with E-state index in [1.165, 1.54) is 6.07 Å². The zero-order valence-electron chi connectivity index (χ0n) is 17.7. The number of para-hydroxylation sites is 1. The lowest BCUT2D eigenvalue weighted by molar-refractivity contribution is -0.385. The third-order valence-corrected chi connectivity index (χ3v) is 6.51. The fraction of sp³-hybridized carbons (Fsp3) is 0.565. The van der Waals surface area contributed by atoms with Crippen molar-refractivity contribution in [3.63, 3.8) is 0 Å². The Balaban J connectivity index is 1.98. The van der Waals surface area contributed by atoms with Gasteiger partial charge >= 0.3 is 0 Å². The first kappa shape index (κ1) is 20.7. The molecule has 0 unspecified atom stereocenters. The number of fused-ring (bicyclic) bond motifs is 1. The van der Waals surface area contributed by atoms with Crippen molar-refractivity contribution in [3.8, 4) is 0 Å². The van der Waals surface area contributed by atoms with E-state index in [4.69, 9.17) is 4.74 Å². The zero-order chi connectivity index (χ0) is 22.1. The molecule has 30 heavy (non-hydrogen) atoms. The van der Waals surface area contributed by atoms with E-state index in [0.717, 1.165) is 0 Å². The third kappa shape index (κ3) is 3.25. The highest BCUT2D eigenvalue weighted by Gasteiger charge is 2.61. The molecule has 0 amide bonds. The van der Waals surface area contributed by atoms with Crippen LogP contribution in [0.25, 0.3) is 0 Å². The number of allylic oxidation sites excluding steroid dienone is 2. The van der Waals surface area contributed by atoms with Crippen LogP contribution < -0.4 is 0 Å². The molecule has 1 aromatic carbocycles. The molecule has 0 bridgehead atoms. The Labute approximate surface area is 175 Å². The summed E-state index contributed by atoms with van der Waals surface area (Å²) in [6, 6.07) is 6.17. The van der Waals surface area contributed by atoms with E-state index in [1.807, 2.05) is 27.7 Å². The van der Waals surface area contributed by atoms with Crippen LogP contribution in [-0.2, 0) is 14.3 Å². The molecule has 160 valence electrons. The van der Waals surface area contributed by atoms with Gasteiger partial charge in [0.25, 0.3) is 5.69 Å². The molecule has 0 spiro atoms. The summed E-state index contributed by atoms with van der Waals surface area (Å²) in [7, 11) is 0. The van der Waals surface area contributed by atoms with Gasteiger partial charge in [-0.1, -0.05) is 45.9 Å². The highest BCUT2D eigenvalue weighted by molar-refractivity contribution is 6.01. The van der Waals surface area contributed by atoms with E-state index in [0.29, 0.717) is 17.8 Å². The Kier molecular flexibility index (Phi) is 4.47. The highest BCUT2D eigenvalue weighted by Crippen LogP contribution is 2.58. The van der Waals surface area contributed by atoms with E-state index < -0.39 is 28.0 Å². The Bertz CT molecular complexity index is 991. The van der Waals surface area contributed by atoms with Crippen LogP contribution in [0.15, 0.2) is 35.6 Å². The molecule has 0 radical (unpaired) electrons. The Morgan fingerprint density at radius 1 is 1.07 bits per heavy atom. The molecule has 1 aromatic rings. The van der Waals surface area contributed by atoms with Gasteiger partial charge < -0.3 is 9.84 Å². The summed E-state index contributed by atoms with van der Waals surface area (Å²) in [6.07, 6.45) is 1.10. The zero-order valence-corrected chi connectivity index (χ0v) is 17.7. The second-order valence-corrected chi connectivity index (χ2v) is 10.5. The molecule has 1 heterocycles. The molecule has 7 nitrogen and oxygen atoms in total. The molecule has 2 aliphatic carbocycles. The van der Waals surface area contributed by atoms with Gasteiger partial charge in [-0.2, -0.15) is 0 Å². The number of nitrogens with zero attached hydrogens (tertiary/aromatic N) is 1. The molecule has 3 aliphatic rings. The van der Waals surface area contributed by atoms with Gasteiger partial charge in [-0.3, -0.25) is 19.7 Å². The summed E-state index contributed by atoms with van der Waals surface area (Å²) in [4.78, 5) is 37.8. The van der Waals surface area contributed by atoms with Crippen LogP contribution in [0.3, 0.4) is 0 Å². The van der Waals surface area contributed by atoms with Crippen molar-refractivity contribution in [3.05, 3.63) is 51.3 Å². The fourth-order valence-corrected chi connectivity index (χ4v) is 5.58. The monoisotopic (exact) mass is 413 g/mol. The van der Waals surface area contributed by atoms with Crippen molar-refractivity contribution < 1.29 is 24.4 Å². The number of benzene rings is 1. The maximum absolute atomic E-state index is 13.3. The molecule has 1 saturated carbocycles. The van der Waals surface area contributed by atoms with E-state index in [2.05, 4.69) is 0 Å². The lowest BCUT2D eigenvalue weighted by atomic mass is 9.59. The average Bonchev–Trinajstić information content (AvgIpc) is 2.56. The second kappa shape index (κ2) is 6.48. The Hall–Kier alpha value is -2.54. The Morgan fingerprint density at radius 3 is 2.40 bits per heavy atom. The predicted molar refractivity (Wildman–Crippen MR) is 108 cm³/mol. The first-order valence-electron chi connectivity index (χ1n) is 10.3. The van der Waals surface area contributed by atoms with Gasteiger partial charge in [-0.25, -0.2) is 0 Å². The minimum Gasteiger partial charge on any atom is -0.466 e. The smallest absolute Gasteiger partial charge is 0.273 e. The van der Waals surface area contributed by atoms with E-state index in [9.17, 15) is 24.8 Å². The van der Waals surface area contributed by atoms with Crippen LogP contribution in [0, 0.1) is 26.9 Å². The summed E-state index contributed by atoms with van der Waals surface area (Å²) >= 11 is 0. The number of nitro benzene ring substituents is 1. The van der Waals surface area contributed by atoms with Gasteiger partial charge in [0.15, 0.2) is 5.78 Å². The van der Waals surface area contributed by atoms with Gasteiger partial charge in [-0.15, -0.1) is 0 Å². The van der Waals surface area contributed by atoms with Crippen molar-refractivity contribution in [2.24, 2.45) is 16.7 Å². The fourth-order valence-electron chi connectivity index (χ4n) is 5.58. The highest BCUT2D eigenvalue weighted by atomic mass is 16.6. The number of rotatable bonds is 2. The van der Waals surface area contributed by atoms with Crippen molar-refractivity contribution in [1.82, 2.24) is 0 Å². The standard InChI is InChI=1S/C23H27NO6/c1-21(2)9-15(25)19-17(11-21)30-23(27)12-22(3,4)10-16(26)20(23)18(19)13-7-5-6-8-14(13)24(28)29/h5-8,18,20,27H,9-12H2,1-4H3/t18-,20-,23+/m0/s1. The van der Waals surface area contributed by atoms with E-state index >= 15 is 0 Å². The molecular formula is C23H27NO6. The van der Waals surface area contributed by atoms with Gasteiger partial charge in [0.05, 0.1) is 10.8 Å². The first-order chi connectivity index (χ1) is 13.8. The van der Waals surface area contributed by atoms with Crippen molar-refractivity contribution in [2.45, 2.75) is 65.1 Å². The van der Waals surface area contributed by atoms with Crippen molar-refractivity contribution >= 4 is 17.3 Å². The van der Waals surface area contributed by atoms with Gasteiger partial charge in [0, 0.05) is 48.8 Å². The summed E-state index contributed by atoms with van der Waals surface area (Å²) in [6.45, 7) is 7.68. The van der Waals surface area contributed by atoms with Crippen LogP contribution in [-0.4, -0.2) is 27.4 Å². The molecular weight excluding hydrogens is 386 g/mol. The summed E-state index contributed by atoms with van der Waals surface area (Å²) in [5.74, 6) is -3.81. The number of hydrogen-bond acceptors (Lipinski definition) is 6. The van der Waals surface area contributed by atoms with Crippen LogP contribution in [0.2, 0.25) is 0 Å². The quantitative estimate of drug-likeness (QED) is 0.579. The number of Topliss-reactive ketones (excluding diaryl/α,β-unsaturated/α-hetero) is 2. The first-order valence-corrected chi connectivity index (χ1v) is 10.3. The number of ketones is 2. The number of hydrogen-bond donors (Lipinski definition) is 1. The average molecular weight is 413 g/mol. The predicted octanol–water partition coefficient (Wildman–Crippen LogP) is 4.05. The SMILES string of the molecule is CC1(C)CC(=O)C2=C(C1)O[C@]1(O)CC(C)(C)CC(=O)[C@H]1[C@H]2c1ccccc1[N+](=O)[O-]. The number of carbonyl (C=O) groups excluding carboxylic acids is 2. The number of ether oxygens (including phenoxy) is 1. The van der Waals surface area contributed by atoms with Crippen LogP contribution >= 0.6 is 0 Å². The van der Waals surface area contributed by atoms with Crippen molar-refractivity contribution in [1.29, 1.82) is 0 Å². The molecule has 1 fully saturated rings. The minimum atomic E-state index is -1.81. The van der Waals surface area contributed by atoms with Crippen LogP contribution in [0.1, 0.15) is 64.9 Å². The minimum absolute atomic E-state index is 0.158. The van der Waals surface area contributed by atoms with Crippen LogP contribution in [0.4, 0.5) is 5.69 Å². The number of aliphatic hydroxyl groups is 1. The third-order valence-electron chi connectivity index (χ3n) is 6.51. The van der Waals surface area contributed by atoms with Gasteiger partial charge in [-0.05, 0) is 10.8 Å². The topological polar surface area (TPSA) is 107 Å². The molecule has 1 N–H and O–H groups in total. The summed E-state index contributed by atoms with van der Waals surface area (Å²) in [5.41, 5.74) is -0.412. The Morgan fingerprint density at radius 2 is 1.73 bits per heavy atom. The molecule has 0 aromatic heterocycles. The van der Waals surface area contributed by atoms with Gasteiger partial charge in [0.2, 0.25) is 5.79 Å². The van der Waals surface area contributed by atoms with E-state index in [1.54, 1.807) is 18.2 Å². The molecule has 3 atom stereocenters. The molecule has 0 saturated heterocycles. The number of carbonyl (C=O) groups is 2. The molecule has 1 aliphatic heterocycles. The maximum Gasteiger partial charge on any atom is 0.273 e. The lowest BCUT2D eigenvalue weighted by Gasteiger charge is -2.53.